The summed E-state index contributed by atoms with van der Waals surface area (Å²) in [6.07, 6.45) is 11.7. The summed E-state index contributed by atoms with van der Waals surface area (Å²) < 4.78 is 5.62. The van der Waals surface area contributed by atoms with Crippen molar-refractivity contribution in [1.29, 1.82) is 0 Å². The molecular weight excluding hydrogens is 324 g/mol. The van der Waals surface area contributed by atoms with Gasteiger partial charge in [0.05, 0.1) is 6.10 Å². The van der Waals surface area contributed by atoms with Crippen molar-refractivity contribution in [2.45, 2.75) is 91.3 Å². The van der Waals surface area contributed by atoms with E-state index in [1.54, 1.807) is 5.57 Å². The molecule has 3 saturated carbocycles. The molecule has 0 heterocycles. The van der Waals surface area contributed by atoms with Crippen LogP contribution in [0.15, 0.2) is 11.6 Å². The van der Waals surface area contributed by atoms with E-state index in [4.69, 9.17) is 4.74 Å². The van der Waals surface area contributed by atoms with Crippen LogP contribution in [0.4, 0.5) is 0 Å². The first-order valence-electron chi connectivity index (χ1n) is 10.8. The zero-order valence-corrected chi connectivity index (χ0v) is 17.0. The number of hydrogen-bond acceptors (Lipinski definition) is 3. The number of allylic oxidation sites excluding steroid dienone is 1. The topological polar surface area (TPSA) is 46.5 Å². The summed E-state index contributed by atoms with van der Waals surface area (Å²) in [6, 6.07) is 0. The highest BCUT2D eigenvalue weighted by atomic mass is 16.5. The van der Waals surface area contributed by atoms with Gasteiger partial charge in [-0.15, -0.1) is 0 Å². The quantitative estimate of drug-likeness (QED) is 0.564. The Morgan fingerprint density at radius 1 is 1.19 bits per heavy atom. The minimum Gasteiger partial charge on any atom is -0.463 e. The molecule has 4 aliphatic carbocycles. The molecule has 0 bridgehead atoms. The SMILES string of the molecule is CC(=O)O[C@@H](C)[C@H]1CC[C@H]2[C@@H]3CC=C4C[C@@H](O)CC[C@]4(C)[C@H]3CC[C@]12C. The number of rotatable bonds is 2. The molecule has 3 fully saturated rings. The van der Waals surface area contributed by atoms with Crippen LogP contribution >= 0.6 is 0 Å². The Morgan fingerprint density at radius 3 is 2.69 bits per heavy atom. The van der Waals surface area contributed by atoms with Gasteiger partial charge in [-0.1, -0.05) is 25.5 Å². The molecule has 3 nitrogen and oxygen atoms in total. The van der Waals surface area contributed by atoms with E-state index in [1.165, 1.54) is 39.0 Å². The molecule has 0 unspecified atom stereocenters. The van der Waals surface area contributed by atoms with Gasteiger partial charge in [-0.3, -0.25) is 4.79 Å². The summed E-state index contributed by atoms with van der Waals surface area (Å²) in [5, 5.41) is 10.1. The van der Waals surface area contributed by atoms with Crippen molar-refractivity contribution in [3.63, 3.8) is 0 Å². The Labute approximate surface area is 158 Å². The summed E-state index contributed by atoms with van der Waals surface area (Å²) >= 11 is 0. The van der Waals surface area contributed by atoms with Gasteiger partial charge in [0.15, 0.2) is 0 Å². The first kappa shape index (κ1) is 18.5. The predicted octanol–water partition coefficient (Wildman–Crippen LogP) is 4.88. The van der Waals surface area contributed by atoms with Crippen molar-refractivity contribution < 1.29 is 14.6 Å². The number of hydrogen-bond donors (Lipinski definition) is 1. The van der Waals surface area contributed by atoms with E-state index in [9.17, 15) is 9.90 Å². The molecule has 4 aliphatic rings. The Hall–Kier alpha value is -0.830. The van der Waals surface area contributed by atoms with Gasteiger partial charge in [-0.25, -0.2) is 0 Å². The highest BCUT2D eigenvalue weighted by molar-refractivity contribution is 5.66. The fraction of sp³-hybridized carbons (Fsp3) is 0.870. The zero-order chi connectivity index (χ0) is 18.7. The highest BCUT2D eigenvalue weighted by Gasteiger charge is 2.59. The van der Waals surface area contributed by atoms with E-state index in [0.717, 1.165) is 37.0 Å². The standard InChI is InChI=1S/C23H36O3/c1-14(26-15(2)24)19-7-8-20-18-6-5-16-13-17(25)9-11-22(16,3)21(18)10-12-23(19,20)4/h5,14,17-21,25H,6-13H2,1-4H3/t14-,17-,18-,19+,20-,21-,22-,23+/m0/s1. The van der Waals surface area contributed by atoms with E-state index in [-0.39, 0.29) is 18.2 Å². The lowest BCUT2D eigenvalue weighted by Gasteiger charge is -2.58. The van der Waals surface area contributed by atoms with E-state index < -0.39 is 0 Å². The molecule has 146 valence electrons. The monoisotopic (exact) mass is 360 g/mol. The van der Waals surface area contributed by atoms with Crippen molar-refractivity contribution in [1.82, 2.24) is 0 Å². The van der Waals surface area contributed by atoms with Gasteiger partial charge in [-0.05, 0) is 86.9 Å². The molecule has 0 radical (unpaired) electrons. The minimum absolute atomic E-state index is 0.0363. The molecule has 3 heteroatoms. The van der Waals surface area contributed by atoms with Crippen molar-refractivity contribution in [3.05, 3.63) is 11.6 Å². The second-order valence-electron chi connectivity index (χ2n) is 10.2. The third kappa shape index (κ3) is 2.68. The van der Waals surface area contributed by atoms with Gasteiger partial charge in [0, 0.05) is 12.8 Å². The number of aliphatic hydroxyl groups excluding tert-OH is 1. The van der Waals surface area contributed by atoms with Crippen LogP contribution in [0, 0.1) is 34.5 Å². The first-order valence-corrected chi connectivity index (χ1v) is 10.8. The lowest BCUT2D eigenvalue weighted by atomic mass is 9.47. The van der Waals surface area contributed by atoms with Gasteiger partial charge >= 0.3 is 5.97 Å². The lowest BCUT2D eigenvalue weighted by Crippen LogP contribution is -2.51. The molecule has 8 atom stereocenters. The Morgan fingerprint density at radius 2 is 1.96 bits per heavy atom. The average Bonchev–Trinajstić information content (AvgIpc) is 2.92. The summed E-state index contributed by atoms with van der Waals surface area (Å²) in [5.74, 6) is 2.66. The number of carbonyl (C=O) groups is 1. The third-order valence-corrected chi connectivity index (χ3v) is 9.07. The third-order valence-electron chi connectivity index (χ3n) is 9.07. The lowest BCUT2D eigenvalue weighted by molar-refractivity contribution is -0.152. The van der Waals surface area contributed by atoms with E-state index in [1.807, 2.05) is 0 Å². The van der Waals surface area contributed by atoms with Crippen molar-refractivity contribution in [2.75, 3.05) is 0 Å². The van der Waals surface area contributed by atoms with E-state index in [2.05, 4.69) is 26.8 Å². The van der Waals surface area contributed by atoms with Crippen LogP contribution in [0.2, 0.25) is 0 Å². The zero-order valence-electron chi connectivity index (χ0n) is 17.0. The highest BCUT2D eigenvalue weighted by Crippen LogP contribution is 2.66. The maximum Gasteiger partial charge on any atom is 0.302 e. The maximum atomic E-state index is 11.5. The maximum absolute atomic E-state index is 11.5. The molecule has 0 amide bonds. The largest absolute Gasteiger partial charge is 0.463 e. The number of esters is 1. The van der Waals surface area contributed by atoms with Crippen LogP contribution in [0.3, 0.4) is 0 Å². The van der Waals surface area contributed by atoms with Crippen LogP contribution in [0.5, 0.6) is 0 Å². The van der Waals surface area contributed by atoms with Crippen molar-refractivity contribution in [3.8, 4) is 0 Å². The number of ether oxygens (including phenoxy) is 1. The van der Waals surface area contributed by atoms with Gasteiger partial charge in [0.25, 0.3) is 0 Å². The fourth-order valence-electron chi connectivity index (χ4n) is 7.80. The molecule has 0 aromatic carbocycles. The van der Waals surface area contributed by atoms with Gasteiger partial charge in [0.2, 0.25) is 0 Å². The second kappa shape index (κ2) is 6.36. The summed E-state index contributed by atoms with van der Waals surface area (Å²) in [4.78, 5) is 11.5. The van der Waals surface area contributed by atoms with Crippen LogP contribution in [0.25, 0.3) is 0 Å². The van der Waals surface area contributed by atoms with Gasteiger partial charge in [-0.2, -0.15) is 0 Å². The molecular formula is C23H36O3. The first-order chi connectivity index (χ1) is 12.3. The minimum atomic E-state index is -0.142. The number of fused-ring (bicyclic) bond motifs is 5. The van der Waals surface area contributed by atoms with Gasteiger partial charge in [0.1, 0.15) is 6.10 Å². The number of carbonyl (C=O) groups excluding carboxylic acids is 1. The summed E-state index contributed by atoms with van der Waals surface area (Å²) in [6.45, 7) is 8.61. The van der Waals surface area contributed by atoms with Crippen molar-refractivity contribution >= 4 is 5.97 Å². The average molecular weight is 361 g/mol. The summed E-state index contributed by atoms with van der Waals surface area (Å²) in [5.41, 5.74) is 2.17. The Balaban J connectivity index is 1.59. The molecule has 0 aromatic rings. The molecule has 26 heavy (non-hydrogen) atoms. The molecule has 0 spiro atoms. The fourth-order valence-corrected chi connectivity index (χ4v) is 7.80. The molecule has 0 saturated heterocycles. The Bertz CT molecular complexity index is 611. The van der Waals surface area contributed by atoms with Crippen LogP contribution in [0.1, 0.15) is 79.1 Å². The van der Waals surface area contributed by atoms with Crippen molar-refractivity contribution in [2.24, 2.45) is 34.5 Å². The van der Waals surface area contributed by atoms with Crippen LogP contribution in [-0.4, -0.2) is 23.3 Å². The summed E-state index contributed by atoms with van der Waals surface area (Å²) in [7, 11) is 0. The van der Waals surface area contributed by atoms with E-state index in [0.29, 0.717) is 16.7 Å². The normalized spacial score (nSPS) is 48.7. The molecule has 0 aromatic heterocycles. The van der Waals surface area contributed by atoms with Crippen LogP contribution in [-0.2, 0) is 9.53 Å². The smallest absolute Gasteiger partial charge is 0.302 e. The molecule has 4 rings (SSSR count). The molecule has 0 aliphatic heterocycles. The van der Waals surface area contributed by atoms with E-state index >= 15 is 0 Å². The van der Waals surface area contributed by atoms with Crippen LogP contribution < -0.4 is 0 Å². The number of aliphatic hydroxyl groups is 1. The molecule has 1 N–H and O–H groups in total. The van der Waals surface area contributed by atoms with Gasteiger partial charge < -0.3 is 9.84 Å². The predicted molar refractivity (Wildman–Crippen MR) is 102 cm³/mol. The second-order valence-corrected chi connectivity index (χ2v) is 10.2. The Kier molecular flexibility index (Phi) is 4.53.